The molecule has 3 nitrogen and oxygen atoms in total. The third kappa shape index (κ3) is 3.23. The minimum absolute atomic E-state index is 0.0319. The summed E-state index contributed by atoms with van der Waals surface area (Å²) in [5, 5.41) is 3.87. The summed E-state index contributed by atoms with van der Waals surface area (Å²) in [5.74, 6) is 0.0319. The van der Waals surface area contributed by atoms with Crippen molar-refractivity contribution in [3.8, 4) is 0 Å². The maximum atomic E-state index is 12.3. The van der Waals surface area contributed by atoms with Crippen molar-refractivity contribution < 1.29 is 4.79 Å². The molecule has 0 spiro atoms. The van der Waals surface area contributed by atoms with Crippen molar-refractivity contribution in [1.82, 2.24) is 4.90 Å². The van der Waals surface area contributed by atoms with Gasteiger partial charge in [-0.2, -0.15) is 11.3 Å². The van der Waals surface area contributed by atoms with Gasteiger partial charge in [-0.3, -0.25) is 4.79 Å². The van der Waals surface area contributed by atoms with E-state index in [0.717, 1.165) is 22.3 Å². The molecule has 0 saturated carbocycles. The van der Waals surface area contributed by atoms with Gasteiger partial charge in [0.2, 0.25) is 0 Å². The van der Waals surface area contributed by atoms with E-state index < -0.39 is 0 Å². The fraction of sp³-hybridized carbons (Fsp3) is 0.200. The molecule has 20 heavy (non-hydrogen) atoms. The van der Waals surface area contributed by atoms with Gasteiger partial charge in [0, 0.05) is 24.5 Å². The molecule has 0 atom stereocenters. The van der Waals surface area contributed by atoms with Crippen molar-refractivity contribution in [2.75, 3.05) is 7.05 Å². The fourth-order valence-electron chi connectivity index (χ4n) is 1.95. The Labute approximate surface area is 128 Å². The van der Waals surface area contributed by atoms with Crippen molar-refractivity contribution in [3.63, 3.8) is 0 Å². The SMILES string of the molecule is Cc1cscc1C(=O)N(C)Cc1cccc(C(N)=S)c1. The number of hydrogen-bond acceptors (Lipinski definition) is 3. The van der Waals surface area contributed by atoms with E-state index >= 15 is 0 Å². The fourth-order valence-corrected chi connectivity index (χ4v) is 2.90. The number of rotatable bonds is 4. The van der Waals surface area contributed by atoms with Crippen LogP contribution in [0, 0.1) is 6.92 Å². The van der Waals surface area contributed by atoms with Crippen LogP contribution >= 0.6 is 23.6 Å². The normalized spacial score (nSPS) is 10.3. The molecule has 0 radical (unpaired) electrons. The molecular formula is C15H16N2OS2. The molecule has 5 heteroatoms. The zero-order valence-electron chi connectivity index (χ0n) is 11.4. The molecule has 2 N–H and O–H groups in total. The molecule has 0 unspecified atom stereocenters. The molecule has 1 aromatic carbocycles. The molecule has 104 valence electrons. The molecule has 0 saturated heterocycles. The smallest absolute Gasteiger partial charge is 0.255 e. The number of aryl methyl sites for hydroxylation is 1. The molecule has 0 bridgehead atoms. The third-order valence-electron chi connectivity index (χ3n) is 3.06. The second-order valence-electron chi connectivity index (χ2n) is 4.69. The van der Waals surface area contributed by atoms with Crippen LogP contribution in [0.3, 0.4) is 0 Å². The van der Waals surface area contributed by atoms with Crippen LogP contribution in [0.4, 0.5) is 0 Å². The predicted molar refractivity (Wildman–Crippen MR) is 87.2 cm³/mol. The lowest BCUT2D eigenvalue weighted by Gasteiger charge is -2.17. The Kier molecular flexibility index (Phi) is 4.52. The van der Waals surface area contributed by atoms with Gasteiger partial charge in [0.05, 0.1) is 5.56 Å². The van der Waals surface area contributed by atoms with Crippen molar-refractivity contribution in [3.05, 3.63) is 57.3 Å². The standard InChI is InChI=1S/C15H16N2OS2/c1-10-8-20-9-13(10)15(18)17(2)7-11-4-3-5-12(6-11)14(16)19/h3-6,8-9H,7H2,1-2H3,(H2,16,19). The number of nitrogens with two attached hydrogens (primary N) is 1. The van der Waals surface area contributed by atoms with Crippen molar-refractivity contribution in [1.29, 1.82) is 0 Å². The van der Waals surface area contributed by atoms with Gasteiger partial charge in [0.15, 0.2) is 0 Å². The molecule has 2 rings (SSSR count). The van der Waals surface area contributed by atoms with Gasteiger partial charge >= 0.3 is 0 Å². The van der Waals surface area contributed by atoms with Gasteiger partial charge < -0.3 is 10.6 Å². The van der Waals surface area contributed by atoms with Gasteiger partial charge in [-0.1, -0.05) is 30.4 Å². The number of carbonyl (C=O) groups excluding carboxylic acids is 1. The summed E-state index contributed by atoms with van der Waals surface area (Å²) in [6.45, 7) is 2.48. The first-order valence-electron chi connectivity index (χ1n) is 6.16. The van der Waals surface area contributed by atoms with E-state index in [0.29, 0.717) is 11.5 Å². The Hall–Kier alpha value is -1.72. The lowest BCUT2D eigenvalue weighted by atomic mass is 10.1. The lowest BCUT2D eigenvalue weighted by Crippen LogP contribution is -2.26. The van der Waals surface area contributed by atoms with Crippen LogP contribution in [0.2, 0.25) is 0 Å². The van der Waals surface area contributed by atoms with E-state index in [1.807, 2.05) is 41.9 Å². The number of nitrogens with zero attached hydrogens (tertiary/aromatic N) is 1. The number of thiocarbonyl (C=S) groups is 1. The number of amides is 1. The quantitative estimate of drug-likeness (QED) is 0.883. The number of benzene rings is 1. The molecular weight excluding hydrogens is 288 g/mol. The van der Waals surface area contributed by atoms with Gasteiger partial charge in [0.25, 0.3) is 5.91 Å². The first kappa shape index (κ1) is 14.7. The highest BCUT2D eigenvalue weighted by atomic mass is 32.1. The highest BCUT2D eigenvalue weighted by Gasteiger charge is 2.15. The minimum atomic E-state index is 0.0319. The van der Waals surface area contributed by atoms with E-state index in [-0.39, 0.29) is 5.91 Å². The van der Waals surface area contributed by atoms with E-state index in [1.165, 1.54) is 0 Å². The second kappa shape index (κ2) is 6.15. The largest absolute Gasteiger partial charge is 0.389 e. The average molecular weight is 304 g/mol. The Morgan fingerprint density at radius 3 is 2.75 bits per heavy atom. The maximum absolute atomic E-state index is 12.3. The van der Waals surface area contributed by atoms with Crippen LogP contribution in [0.15, 0.2) is 35.0 Å². The zero-order valence-corrected chi connectivity index (χ0v) is 13.1. The van der Waals surface area contributed by atoms with E-state index in [2.05, 4.69) is 0 Å². The second-order valence-corrected chi connectivity index (χ2v) is 5.88. The van der Waals surface area contributed by atoms with Crippen LogP contribution in [-0.2, 0) is 6.54 Å². The zero-order chi connectivity index (χ0) is 14.7. The Morgan fingerprint density at radius 2 is 2.15 bits per heavy atom. The Bertz CT molecular complexity index is 649. The van der Waals surface area contributed by atoms with Crippen molar-refractivity contribution in [2.24, 2.45) is 5.73 Å². The van der Waals surface area contributed by atoms with E-state index in [1.54, 1.807) is 23.3 Å². The van der Waals surface area contributed by atoms with Gasteiger partial charge in [0.1, 0.15) is 4.99 Å². The summed E-state index contributed by atoms with van der Waals surface area (Å²) >= 11 is 6.51. The number of carbonyl (C=O) groups is 1. The molecule has 1 aromatic heterocycles. The summed E-state index contributed by atoms with van der Waals surface area (Å²) in [6, 6.07) is 7.66. The highest BCUT2D eigenvalue weighted by molar-refractivity contribution is 7.80. The average Bonchev–Trinajstić information content (AvgIpc) is 2.84. The Morgan fingerprint density at radius 1 is 1.40 bits per heavy atom. The maximum Gasteiger partial charge on any atom is 0.255 e. The molecule has 1 amide bonds. The highest BCUT2D eigenvalue weighted by Crippen LogP contribution is 2.17. The summed E-state index contributed by atoms with van der Waals surface area (Å²) in [6.07, 6.45) is 0. The molecule has 0 aliphatic carbocycles. The lowest BCUT2D eigenvalue weighted by molar-refractivity contribution is 0.0785. The van der Waals surface area contributed by atoms with Gasteiger partial charge in [-0.25, -0.2) is 0 Å². The number of thiophene rings is 1. The predicted octanol–water partition coefficient (Wildman–Crippen LogP) is 2.96. The van der Waals surface area contributed by atoms with E-state index in [4.69, 9.17) is 18.0 Å². The molecule has 0 aliphatic rings. The first-order chi connectivity index (χ1) is 9.49. The van der Waals surface area contributed by atoms with Crippen molar-refractivity contribution >= 4 is 34.5 Å². The van der Waals surface area contributed by atoms with Crippen LogP contribution in [0.5, 0.6) is 0 Å². The van der Waals surface area contributed by atoms with Gasteiger partial charge in [-0.15, -0.1) is 0 Å². The van der Waals surface area contributed by atoms with Crippen LogP contribution in [-0.4, -0.2) is 22.8 Å². The summed E-state index contributed by atoms with van der Waals surface area (Å²) in [5.41, 5.74) is 9.24. The van der Waals surface area contributed by atoms with Crippen LogP contribution in [0.25, 0.3) is 0 Å². The molecule has 2 aromatic rings. The molecule has 1 heterocycles. The third-order valence-corrected chi connectivity index (χ3v) is 4.16. The van der Waals surface area contributed by atoms with Crippen LogP contribution < -0.4 is 5.73 Å². The number of hydrogen-bond donors (Lipinski definition) is 1. The summed E-state index contributed by atoms with van der Waals surface area (Å²) < 4.78 is 0. The first-order valence-corrected chi connectivity index (χ1v) is 7.51. The van der Waals surface area contributed by atoms with Crippen molar-refractivity contribution in [2.45, 2.75) is 13.5 Å². The van der Waals surface area contributed by atoms with Crippen LogP contribution in [0.1, 0.15) is 27.0 Å². The molecule has 0 fully saturated rings. The van der Waals surface area contributed by atoms with Gasteiger partial charge in [-0.05, 0) is 29.5 Å². The summed E-state index contributed by atoms with van der Waals surface area (Å²) in [7, 11) is 1.80. The summed E-state index contributed by atoms with van der Waals surface area (Å²) in [4.78, 5) is 14.4. The monoisotopic (exact) mass is 304 g/mol. The van der Waals surface area contributed by atoms with E-state index in [9.17, 15) is 4.79 Å². The Balaban J connectivity index is 2.14. The molecule has 0 aliphatic heterocycles. The minimum Gasteiger partial charge on any atom is -0.389 e. The topological polar surface area (TPSA) is 46.3 Å².